The Morgan fingerprint density at radius 1 is 1.07 bits per heavy atom. The summed E-state index contributed by atoms with van der Waals surface area (Å²) in [5, 5.41) is 21.8. The molecule has 1 aromatic carbocycles. The summed E-state index contributed by atoms with van der Waals surface area (Å²) in [6.45, 7) is 4.77. The van der Waals surface area contributed by atoms with Gasteiger partial charge < -0.3 is 14.8 Å². The lowest BCUT2D eigenvalue weighted by Gasteiger charge is -2.26. The van der Waals surface area contributed by atoms with E-state index in [1.54, 1.807) is 0 Å². The zero-order chi connectivity index (χ0) is 21.7. The van der Waals surface area contributed by atoms with E-state index in [1.165, 1.54) is 30.6 Å². The third-order valence-corrected chi connectivity index (χ3v) is 5.19. The number of halogens is 3. The smallest absolute Gasteiger partial charge is 0.421 e. The molecule has 0 amide bonds. The number of anilines is 1. The first-order valence-electron chi connectivity index (χ1n) is 9.09. The van der Waals surface area contributed by atoms with Crippen molar-refractivity contribution in [3.8, 4) is 0 Å². The van der Waals surface area contributed by atoms with Gasteiger partial charge in [0.25, 0.3) is 0 Å². The summed E-state index contributed by atoms with van der Waals surface area (Å²) in [7, 11) is 0. The van der Waals surface area contributed by atoms with Crippen LogP contribution < -0.4 is 5.32 Å². The standard InChI is InChI=1S/C20H18F3N5O2/c1-10-11(2)27-28-18-14(10)15-16(30-18)17(26-9-25-15)24-8-12-4-6-13(7-5-12)19(3,29)20(21,22)23/h4-7,9,29H,8H2,1-3H3,(H,24,25,26). The number of nitrogens with one attached hydrogen (secondary N) is 1. The van der Waals surface area contributed by atoms with Gasteiger partial charge >= 0.3 is 6.18 Å². The van der Waals surface area contributed by atoms with Crippen molar-refractivity contribution in [2.45, 2.75) is 39.1 Å². The SMILES string of the molecule is Cc1nnc2oc3c(NCc4ccc(C(C)(O)C(F)(F)F)cc4)ncnc3c2c1C. The fraction of sp³-hybridized carbons (Fsp3) is 0.300. The van der Waals surface area contributed by atoms with Crippen LogP contribution in [0.4, 0.5) is 19.0 Å². The minimum atomic E-state index is -4.76. The van der Waals surface area contributed by atoms with Crippen molar-refractivity contribution < 1.29 is 22.7 Å². The Bertz CT molecular complexity index is 1230. The average molecular weight is 417 g/mol. The molecule has 2 N–H and O–H groups in total. The van der Waals surface area contributed by atoms with Gasteiger partial charge in [0, 0.05) is 6.54 Å². The van der Waals surface area contributed by atoms with Crippen LogP contribution in [0.3, 0.4) is 0 Å². The number of nitrogens with zero attached hydrogens (tertiary/aromatic N) is 4. The molecule has 0 aliphatic carbocycles. The minimum Gasteiger partial charge on any atom is -0.431 e. The van der Waals surface area contributed by atoms with Crippen LogP contribution in [0, 0.1) is 13.8 Å². The van der Waals surface area contributed by atoms with Gasteiger partial charge in [-0.05, 0) is 37.5 Å². The molecule has 0 spiro atoms. The molecular weight excluding hydrogens is 399 g/mol. The predicted molar refractivity (Wildman–Crippen MR) is 104 cm³/mol. The van der Waals surface area contributed by atoms with Crippen molar-refractivity contribution in [1.82, 2.24) is 20.2 Å². The first-order valence-corrected chi connectivity index (χ1v) is 9.09. The summed E-state index contributed by atoms with van der Waals surface area (Å²) in [5.41, 5.74) is 0.625. The van der Waals surface area contributed by atoms with Crippen LogP contribution in [0.15, 0.2) is 35.0 Å². The van der Waals surface area contributed by atoms with E-state index < -0.39 is 11.8 Å². The molecule has 4 rings (SSSR count). The number of aliphatic hydroxyl groups is 1. The molecule has 30 heavy (non-hydrogen) atoms. The van der Waals surface area contributed by atoms with Crippen molar-refractivity contribution in [3.05, 3.63) is 53.0 Å². The van der Waals surface area contributed by atoms with E-state index in [1.807, 2.05) is 13.8 Å². The Morgan fingerprint density at radius 2 is 1.77 bits per heavy atom. The molecule has 1 atom stereocenters. The maximum absolute atomic E-state index is 13.0. The first-order chi connectivity index (χ1) is 14.1. The second-order valence-corrected chi connectivity index (χ2v) is 7.21. The van der Waals surface area contributed by atoms with Crippen molar-refractivity contribution in [2.75, 3.05) is 5.32 Å². The highest BCUT2D eigenvalue weighted by Crippen LogP contribution is 2.38. The zero-order valence-electron chi connectivity index (χ0n) is 16.4. The van der Waals surface area contributed by atoms with Gasteiger partial charge in [-0.3, -0.25) is 0 Å². The van der Waals surface area contributed by atoms with E-state index in [0.717, 1.165) is 23.6 Å². The number of aromatic nitrogens is 4. The number of benzene rings is 1. The molecule has 156 valence electrons. The number of furan rings is 1. The molecular formula is C20H18F3N5O2. The van der Waals surface area contributed by atoms with E-state index in [9.17, 15) is 18.3 Å². The molecule has 1 unspecified atom stereocenters. The Hall–Kier alpha value is -3.27. The monoisotopic (exact) mass is 417 g/mol. The van der Waals surface area contributed by atoms with Crippen LogP contribution in [0.1, 0.15) is 29.3 Å². The molecule has 0 bridgehead atoms. The van der Waals surface area contributed by atoms with Gasteiger partial charge in [-0.25, -0.2) is 9.97 Å². The quantitative estimate of drug-likeness (QED) is 0.514. The Balaban J connectivity index is 1.61. The molecule has 0 aliphatic heterocycles. The molecule has 0 saturated carbocycles. The number of rotatable bonds is 4. The highest BCUT2D eigenvalue weighted by atomic mass is 19.4. The summed E-state index contributed by atoms with van der Waals surface area (Å²) >= 11 is 0. The highest BCUT2D eigenvalue weighted by Gasteiger charge is 2.51. The van der Waals surface area contributed by atoms with Crippen LogP contribution in [0.25, 0.3) is 22.2 Å². The zero-order valence-corrected chi connectivity index (χ0v) is 16.4. The summed E-state index contributed by atoms with van der Waals surface area (Å²) in [5.74, 6) is 0.432. The molecule has 0 aliphatic rings. The van der Waals surface area contributed by atoms with Gasteiger partial charge in [0.15, 0.2) is 17.0 Å². The van der Waals surface area contributed by atoms with Gasteiger partial charge in [-0.1, -0.05) is 24.3 Å². The van der Waals surface area contributed by atoms with E-state index in [0.29, 0.717) is 28.2 Å². The lowest BCUT2D eigenvalue weighted by atomic mass is 9.94. The Kier molecular flexibility index (Phi) is 4.61. The summed E-state index contributed by atoms with van der Waals surface area (Å²) < 4.78 is 44.7. The maximum Gasteiger partial charge on any atom is 0.421 e. The first kappa shape index (κ1) is 20.0. The molecule has 7 nitrogen and oxygen atoms in total. The summed E-state index contributed by atoms with van der Waals surface area (Å²) in [6.07, 6.45) is -3.36. The van der Waals surface area contributed by atoms with Gasteiger partial charge in [0.2, 0.25) is 5.71 Å². The molecule has 0 saturated heterocycles. The van der Waals surface area contributed by atoms with Gasteiger partial charge in [0.05, 0.1) is 11.1 Å². The highest BCUT2D eigenvalue weighted by molar-refractivity contribution is 6.05. The van der Waals surface area contributed by atoms with E-state index >= 15 is 0 Å². The Morgan fingerprint density at radius 3 is 2.43 bits per heavy atom. The van der Waals surface area contributed by atoms with Crippen molar-refractivity contribution >= 4 is 28.0 Å². The van der Waals surface area contributed by atoms with Crippen LogP contribution in [-0.4, -0.2) is 31.4 Å². The molecule has 0 radical (unpaired) electrons. The maximum atomic E-state index is 13.0. The molecule has 0 fully saturated rings. The minimum absolute atomic E-state index is 0.232. The van der Waals surface area contributed by atoms with Crippen LogP contribution >= 0.6 is 0 Å². The largest absolute Gasteiger partial charge is 0.431 e. The lowest BCUT2D eigenvalue weighted by Crippen LogP contribution is -2.39. The average Bonchev–Trinajstić information content (AvgIpc) is 3.08. The number of aryl methyl sites for hydroxylation is 2. The predicted octanol–water partition coefficient (Wildman–Crippen LogP) is 4.16. The van der Waals surface area contributed by atoms with Crippen molar-refractivity contribution in [1.29, 1.82) is 0 Å². The van der Waals surface area contributed by atoms with Crippen LogP contribution in [-0.2, 0) is 12.1 Å². The number of hydrogen-bond acceptors (Lipinski definition) is 7. The van der Waals surface area contributed by atoms with E-state index in [4.69, 9.17) is 4.42 Å². The van der Waals surface area contributed by atoms with Crippen molar-refractivity contribution in [2.24, 2.45) is 0 Å². The summed E-state index contributed by atoms with van der Waals surface area (Å²) in [6, 6.07) is 5.53. The van der Waals surface area contributed by atoms with Crippen LogP contribution in [0.2, 0.25) is 0 Å². The number of fused-ring (bicyclic) bond motifs is 3. The summed E-state index contributed by atoms with van der Waals surface area (Å²) in [4.78, 5) is 8.51. The van der Waals surface area contributed by atoms with E-state index in [-0.39, 0.29) is 12.1 Å². The fourth-order valence-electron chi connectivity index (χ4n) is 3.10. The number of alkyl halides is 3. The van der Waals surface area contributed by atoms with Crippen molar-refractivity contribution in [3.63, 3.8) is 0 Å². The molecule has 3 aromatic heterocycles. The van der Waals surface area contributed by atoms with E-state index in [2.05, 4.69) is 25.5 Å². The lowest BCUT2D eigenvalue weighted by molar-refractivity contribution is -0.258. The topological polar surface area (TPSA) is 97.0 Å². The number of hydrogen-bond donors (Lipinski definition) is 2. The third-order valence-electron chi connectivity index (χ3n) is 5.19. The third kappa shape index (κ3) is 3.22. The normalized spacial score (nSPS) is 14.2. The molecule has 4 aromatic rings. The molecule has 10 heteroatoms. The van der Waals surface area contributed by atoms with Crippen LogP contribution in [0.5, 0.6) is 0 Å². The molecule has 3 heterocycles. The van der Waals surface area contributed by atoms with Gasteiger partial charge in [-0.2, -0.15) is 18.3 Å². The fourth-order valence-corrected chi connectivity index (χ4v) is 3.10. The second-order valence-electron chi connectivity index (χ2n) is 7.21. The second kappa shape index (κ2) is 6.91. The Labute approximate surface area is 169 Å². The van der Waals surface area contributed by atoms with Gasteiger partial charge in [-0.15, -0.1) is 5.10 Å². The van der Waals surface area contributed by atoms with Gasteiger partial charge in [0.1, 0.15) is 11.8 Å².